The van der Waals surface area contributed by atoms with Gasteiger partial charge in [0.15, 0.2) is 0 Å². The van der Waals surface area contributed by atoms with E-state index in [0.717, 1.165) is 70.4 Å². The molecule has 1 aromatic rings. The minimum atomic E-state index is -0.539. The lowest BCUT2D eigenvalue weighted by Crippen LogP contribution is -2.39. The molecule has 0 unspecified atom stereocenters. The molecule has 0 radical (unpaired) electrons. The molecule has 0 spiro atoms. The smallest absolute Gasteiger partial charge is 0.410 e. The molecule has 1 aliphatic carbocycles. The highest BCUT2D eigenvalue weighted by atomic mass is 19.1. The van der Waals surface area contributed by atoms with Gasteiger partial charge in [-0.15, -0.1) is 0 Å². The lowest BCUT2D eigenvalue weighted by atomic mass is 9.84. The fraction of sp³-hybridized carbons (Fsp3) is 0.514. The van der Waals surface area contributed by atoms with Crippen LogP contribution in [0.2, 0.25) is 0 Å². The van der Waals surface area contributed by atoms with Gasteiger partial charge >= 0.3 is 6.09 Å². The molecule has 230 valence electrons. The van der Waals surface area contributed by atoms with Crippen molar-refractivity contribution >= 4 is 17.9 Å². The van der Waals surface area contributed by atoms with Crippen molar-refractivity contribution in [1.82, 2.24) is 4.90 Å². The van der Waals surface area contributed by atoms with Crippen LogP contribution in [0, 0.1) is 24.6 Å². The molecule has 1 fully saturated rings. The van der Waals surface area contributed by atoms with Crippen LogP contribution in [0.15, 0.2) is 75.9 Å². The van der Waals surface area contributed by atoms with Crippen molar-refractivity contribution in [2.75, 3.05) is 20.1 Å². The fourth-order valence-corrected chi connectivity index (χ4v) is 5.06. The monoisotopic (exact) mass is 576 g/mol. The van der Waals surface area contributed by atoms with Crippen molar-refractivity contribution in [3.63, 3.8) is 0 Å². The zero-order chi connectivity index (χ0) is 31.8. The van der Waals surface area contributed by atoms with Crippen molar-refractivity contribution in [2.24, 2.45) is 16.8 Å². The minimum absolute atomic E-state index is 0.236. The van der Waals surface area contributed by atoms with Gasteiger partial charge in [0.2, 0.25) is 0 Å². The third kappa shape index (κ3) is 10.9. The van der Waals surface area contributed by atoms with Crippen molar-refractivity contribution in [3.8, 4) is 0 Å². The average molecular weight is 577 g/mol. The maximum Gasteiger partial charge on any atom is 0.410 e. The summed E-state index contributed by atoms with van der Waals surface area (Å²) in [6, 6.07) is 4.89. The molecule has 0 aromatic heterocycles. The highest BCUT2D eigenvalue weighted by molar-refractivity contribution is 6.04. The number of allylic oxidation sites excluding steroid dienone is 7. The standard InChI is InChI=1S/C37H53FN2O2/c1-24(2)23-40(36(41)42-37(9,10)11)19-13-14-28(7)34(25(3)4)35(29(8)39-12)33(30-16-17-30)21-26(5)20-31-22-32(38)18-15-27(31)6/h15,18,20-22,24,30H,3,7,13-14,16-17,19,23H2,1-2,4-6,8-12H3/b26-20-,33-21-,35-34-,39-29?. The van der Waals surface area contributed by atoms with Gasteiger partial charge in [0.25, 0.3) is 0 Å². The predicted octanol–water partition coefficient (Wildman–Crippen LogP) is 10.1. The van der Waals surface area contributed by atoms with E-state index in [9.17, 15) is 9.18 Å². The number of aliphatic imine (C=N–C) groups is 1. The Morgan fingerprint density at radius 1 is 1.17 bits per heavy atom. The SMILES string of the molecule is C=C(C)/C(C(=C)CCCN(CC(C)C)C(=O)OC(C)(C)C)=C(C(C)=NC)/C(=C\C(C)=C/c1cc(F)ccc1C)C1CC1. The van der Waals surface area contributed by atoms with Gasteiger partial charge in [-0.05, 0) is 126 Å². The second-order valence-electron chi connectivity index (χ2n) is 13.1. The number of carbonyl (C=O) groups excluding carboxylic acids is 1. The van der Waals surface area contributed by atoms with Crippen LogP contribution >= 0.6 is 0 Å². The molecule has 1 aromatic carbocycles. The average Bonchev–Trinajstić information content (AvgIpc) is 3.71. The first kappa shape index (κ1) is 35.0. The van der Waals surface area contributed by atoms with Crippen LogP contribution in [0.1, 0.15) is 92.2 Å². The summed E-state index contributed by atoms with van der Waals surface area (Å²) in [4.78, 5) is 19.3. The second-order valence-corrected chi connectivity index (χ2v) is 13.1. The summed E-state index contributed by atoms with van der Waals surface area (Å²) < 4.78 is 19.7. The van der Waals surface area contributed by atoms with Crippen LogP contribution in [-0.2, 0) is 4.74 Å². The first-order valence-electron chi connectivity index (χ1n) is 15.2. The molecule has 2 rings (SSSR count). The summed E-state index contributed by atoms with van der Waals surface area (Å²) >= 11 is 0. The molecule has 0 aliphatic heterocycles. The van der Waals surface area contributed by atoms with E-state index in [0.29, 0.717) is 24.9 Å². The zero-order valence-corrected chi connectivity index (χ0v) is 27.8. The summed E-state index contributed by atoms with van der Waals surface area (Å²) in [5, 5.41) is 0. The quantitative estimate of drug-likeness (QED) is 0.173. The van der Waals surface area contributed by atoms with E-state index in [-0.39, 0.29) is 11.9 Å². The number of hydrogen-bond acceptors (Lipinski definition) is 3. The molecule has 0 bridgehead atoms. The van der Waals surface area contributed by atoms with Crippen LogP contribution in [-0.4, -0.2) is 42.4 Å². The number of amides is 1. The normalized spacial score (nSPS) is 15.5. The molecule has 42 heavy (non-hydrogen) atoms. The maximum absolute atomic E-state index is 14.0. The molecule has 1 aliphatic rings. The first-order valence-corrected chi connectivity index (χ1v) is 15.2. The Bertz CT molecular complexity index is 1280. The Hall–Kier alpha value is -3.21. The van der Waals surface area contributed by atoms with Crippen LogP contribution in [0.4, 0.5) is 9.18 Å². The molecule has 1 amide bonds. The maximum atomic E-state index is 14.0. The summed E-state index contributed by atoms with van der Waals surface area (Å²) in [7, 11) is 1.82. The van der Waals surface area contributed by atoms with E-state index < -0.39 is 5.60 Å². The van der Waals surface area contributed by atoms with Gasteiger partial charge in [-0.3, -0.25) is 4.99 Å². The third-order valence-electron chi connectivity index (χ3n) is 7.18. The van der Waals surface area contributed by atoms with E-state index in [1.54, 1.807) is 6.07 Å². The molecule has 0 atom stereocenters. The van der Waals surface area contributed by atoms with E-state index >= 15 is 0 Å². The summed E-state index contributed by atoms with van der Waals surface area (Å²) in [5.74, 6) is 0.532. The van der Waals surface area contributed by atoms with Crippen LogP contribution in [0.5, 0.6) is 0 Å². The summed E-state index contributed by atoms with van der Waals surface area (Å²) in [5.41, 5.74) is 8.67. The number of ether oxygens (including phenoxy) is 1. The molecule has 5 heteroatoms. The van der Waals surface area contributed by atoms with Gasteiger partial charge in [0.1, 0.15) is 11.4 Å². The predicted molar refractivity (Wildman–Crippen MR) is 177 cm³/mol. The van der Waals surface area contributed by atoms with E-state index in [1.807, 2.05) is 65.6 Å². The Morgan fingerprint density at radius 3 is 2.33 bits per heavy atom. The fourth-order valence-electron chi connectivity index (χ4n) is 5.06. The largest absolute Gasteiger partial charge is 0.444 e. The lowest BCUT2D eigenvalue weighted by Gasteiger charge is -2.29. The van der Waals surface area contributed by atoms with E-state index in [4.69, 9.17) is 4.74 Å². The molecule has 0 N–H and O–H groups in total. The molecule has 0 saturated heterocycles. The summed E-state index contributed by atoms with van der Waals surface area (Å²) in [6.07, 6.45) is 7.72. The zero-order valence-electron chi connectivity index (χ0n) is 27.8. The highest BCUT2D eigenvalue weighted by Crippen LogP contribution is 2.44. The van der Waals surface area contributed by atoms with Gasteiger partial charge in [-0.2, -0.15) is 0 Å². The van der Waals surface area contributed by atoms with E-state index in [2.05, 4.69) is 45.0 Å². The second kappa shape index (κ2) is 15.3. The third-order valence-corrected chi connectivity index (χ3v) is 7.18. The van der Waals surface area contributed by atoms with Crippen LogP contribution in [0.3, 0.4) is 0 Å². The van der Waals surface area contributed by atoms with Crippen molar-refractivity contribution < 1.29 is 13.9 Å². The number of aryl methyl sites for hydroxylation is 1. The van der Waals surface area contributed by atoms with Gasteiger partial charge < -0.3 is 9.64 Å². The van der Waals surface area contributed by atoms with Gasteiger partial charge in [0, 0.05) is 31.4 Å². The number of halogens is 1. The Balaban J connectivity index is 2.45. The van der Waals surface area contributed by atoms with Crippen LogP contribution < -0.4 is 0 Å². The number of rotatable bonds is 13. The molecular formula is C37H53FN2O2. The van der Waals surface area contributed by atoms with Gasteiger partial charge in [-0.1, -0.05) is 56.4 Å². The Morgan fingerprint density at radius 2 is 1.81 bits per heavy atom. The Labute approximate surface area is 254 Å². The number of nitrogens with zero attached hydrogens (tertiary/aromatic N) is 2. The lowest BCUT2D eigenvalue weighted by molar-refractivity contribution is 0.0226. The molecule has 4 nitrogen and oxygen atoms in total. The van der Waals surface area contributed by atoms with Crippen LogP contribution in [0.25, 0.3) is 6.08 Å². The van der Waals surface area contributed by atoms with Gasteiger partial charge in [0.05, 0.1) is 0 Å². The number of hydrogen-bond donors (Lipinski definition) is 0. The number of carbonyl (C=O) groups is 1. The summed E-state index contributed by atoms with van der Waals surface area (Å²) in [6.45, 7) is 28.1. The number of benzene rings is 1. The molecule has 0 heterocycles. The van der Waals surface area contributed by atoms with Crippen molar-refractivity contribution in [1.29, 1.82) is 0 Å². The van der Waals surface area contributed by atoms with Gasteiger partial charge in [-0.25, -0.2) is 9.18 Å². The minimum Gasteiger partial charge on any atom is -0.444 e. The van der Waals surface area contributed by atoms with E-state index in [1.165, 1.54) is 11.6 Å². The topological polar surface area (TPSA) is 41.9 Å². The first-order chi connectivity index (χ1) is 19.5. The highest BCUT2D eigenvalue weighted by Gasteiger charge is 2.31. The Kier molecular flexibility index (Phi) is 12.8. The van der Waals surface area contributed by atoms with Crippen molar-refractivity contribution in [3.05, 3.63) is 87.8 Å². The molecular weight excluding hydrogens is 523 g/mol. The van der Waals surface area contributed by atoms with Crippen molar-refractivity contribution in [2.45, 2.75) is 93.6 Å². The molecule has 1 saturated carbocycles.